The first kappa shape index (κ1) is 17.5. The summed E-state index contributed by atoms with van der Waals surface area (Å²) in [6, 6.07) is 10.3. The Morgan fingerprint density at radius 1 is 1.19 bits per heavy atom. The molecular formula is C20H18BrF2NO2. The molecule has 0 N–H and O–H groups in total. The molecular weight excluding hydrogens is 404 g/mol. The number of amides is 1. The summed E-state index contributed by atoms with van der Waals surface area (Å²) in [7, 11) is 0. The Morgan fingerprint density at radius 2 is 1.92 bits per heavy atom. The summed E-state index contributed by atoms with van der Waals surface area (Å²) in [6.07, 6.45) is 2.42. The van der Waals surface area contributed by atoms with Gasteiger partial charge in [-0.05, 0) is 59.2 Å². The minimum absolute atomic E-state index is 0.0342. The third-order valence-electron chi connectivity index (χ3n) is 5.07. The minimum atomic E-state index is -0.618. The summed E-state index contributed by atoms with van der Waals surface area (Å²) in [5.74, 6) is -0.773. The van der Waals surface area contributed by atoms with Gasteiger partial charge in [0.15, 0.2) is 0 Å². The Kier molecular flexibility index (Phi) is 4.69. The molecule has 0 spiro atoms. The molecule has 1 atom stereocenters. The van der Waals surface area contributed by atoms with Gasteiger partial charge in [-0.2, -0.15) is 0 Å². The van der Waals surface area contributed by atoms with E-state index in [4.69, 9.17) is 4.74 Å². The fourth-order valence-corrected chi connectivity index (χ4v) is 4.09. The highest BCUT2D eigenvalue weighted by Gasteiger charge is 2.43. The zero-order valence-corrected chi connectivity index (χ0v) is 15.6. The average Bonchev–Trinajstić information content (AvgIpc) is 3.49. The average molecular weight is 422 g/mol. The quantitative estimate of drug-likeness (QED) is 0.604. The number of hydrogen-bond donors (Lipinski definition) is 0. The Labute approximate surface area is 159 Å². The van der Waals surface area contributed by atoms with Crippen LogP contribution in [0.1, 0.15) is 30.4 Å². The number of nitrogens with zero attached hydrogens (tertiary/aromatic N) is 1. The fourth-order valence-electron chi connectivity index (χ4n) is 3.65. The highest BCUT2D eigenvalue weighted by molar-refractivity contribution is 9.10. The van der Waals surface area contributed by atoms with E-state index in [1.54, 1.807) is 0 Å². The second-order valence-electron chi connectivity index (χ2n) is 6.83. The van der Waals surface area contributed by atoms with Crippen LogP contribution in [0, 0.1) is 17.6 Å². The van der Waals surface area contributed by atoms with E-state index in [9.17, 15) is 13.6 Å². The summed E-state index contributed by atoms with van der Waals surface area (Å²) in [5, 5.41) is 0. The van der Waals surface area contributed by atoms with Crippen LogP contribution in [0.4, 0.5) is 19.3 Å². The molecule has 0 aromatic heterocycles. The number of anilines is 1. The summed E-state index contributed by atoms with van der Waals surface area (Å²) in [4.78, 5) is 14.2. The third-order valence-corrected chi connectivity index (χ3v) is 5.65. The van der Waals surface area contributed by atoms with Gasteiger partial charge in [0.1, 0.15) is 18.2 Å². The maximum absolute atomic E-state index is 14.7. The molecule has 26 heavy (non-hydrogen) atoms. The monoisotopic (exact) mass is 421 g/mol. The van der Waals surface area contributed by atoms with Gasteiger partial charge in [-0.15, -0.1) is 0 Å². The number of hydrogen-bond acceptors (Lipinski definition) is 2. The third kappa shape index (κ3) is 3.22. The molecule has 136 valence electrons. The molecule has 1 unspecified atom stereocenters. The number of carbonyl (C=O) groups excluding carboxylic acids is 1. The van der Waals surface area contributed by atoms with E-state index in [-0.39, 0.29) is 28.4 Å². The van der Waals surface area contributed by atoms with E-state index in [0.29, 0.717) is 18.8 Å². The highest BCUT2D eigenvalue weighted by atomic mass is 79.9. The summed E-state index contributed by atoms with van der Waals surface area (Å²) < 4.78 is 34.7. The molecule has 1 heterocycles. The van der Waals surface area contributed by atoms with Gasteiger partial charge in [-0.25, -0.2) is 13.6 Å². The number of ether oxygens (including phenoxy) is 1. The molecule has 1 aliphatic carbocycles. The van der Waals surface area contributed by atoms with Gasteiger partial charge in [0.25, 0.3) is 0 Å². The Morgan fingerprint density at radius 3 is 2.62 bits per heavy atom. The second kappa shape index (κ2) is 6.99. The zero-order valence-electron chi connectivity index (χ0n) is 14.1. The predicted molar refractivity (Wildman–Crippen MR) is 98.0 cm³/mol. The van der Waals surface area contributed by atoms with E-state index < -0.39 is 17.7 Å². The summed E-state index contributed by atoms with van der Waals surface area (Å²) in [5.41, 5.74) is 1.13. The summed E-state index contributed by atoms with van der Waals surface area (Å²) >= 11 is 3.05. The Balaban J connectivity index is 1.65. The van der Waals surface area contributed by atoms with Crippen LogP contribution >= 0.6 is 15.9 Å². The van der Waals surface area contributed by atoms with Crippen molar-refractivity contribution < 1.29 is 18.3 Å². The lowest BCUT2D eigenvalue weighted by molar-refractivity contribution is 0.142. The molecule has 2 aliphatic rings. The molecule has 1 fully saturated rings. The van der Waals surface area contributed by atoms with Crippen molar-refractivity contribution in [1.29, 1.82) is 0 Å². The van der Waals surface area contributed by atoms with Crippen LogP contribution in [0.25, 0.3) is 0 Å². The molecule has 6 heteroatoms. The molecule has 0 saturated heterocycles. The molecule has 2 aromatic carbocycles. The molecule has 1 saturated carbocycles. The fraction of sp³-hybridized carbons (Fsp3) is 0.350. The van der Waals surface area contributed by atoms with E-state index in [1.807, 2.05) is 30.3 Å². The first-order chi connectivity index (χ1) is 12.6. The van der Waals surface area contributed by atoms with Crippen molar-refractivity contribution in [3.63, 3.8) is 0 Å². The lowest BCUT2D eigenvalue weighted by atomic mass is 9.92. The minimum Gasteiger partial charge on any atom is -0.444 e. The van der Waals surface area contributed by atoms with E-state index >= 15 is 0 Å². The molecule has 4 rings (SSSR count). The summed E-state index contributed by atoms with van der Waals surface area (Å²) in [6.45, 7) is 0.101. The second-order valence-corrected chi connectivity index (χ2v) is 7.69. The highest BCUT2D eigenvalue weighted by Crippen LogP contribution is 2.45. The van der Waals surface area contributed by atoms with Gasteiger partial charge in [0.2, 0.25) is 0 Å². The van der Waals surface area contributed by atoms with Crippen LogP contribution in [0.5, 0.6) is 0 Å². The Bertz CT molecular complexity index is 839. The van der Waals surface area contributed by atoms with Gasteiger partial charge < -0.3 is 4.74 Å². The molecule has 2 aromatic rings. The van der Waals surface area contributed by atoms with E-state index in [2.05, 4.69) is 15.9 Å². The first-order valence-electron chi connectivity index (χ1n) is 8.72. The van der Waals surface area contributed by atoms with Crippen LogP contribution in [-0.2, 0) is 17.8 Å². The van der Waals surface area contributed by atoms with Crippen LogP contribution in [0.3, 0.4) is 0 Å². The van der Waals surface area contributed by atoms with Crippen molar-refractivity contribution in [2.75, 3.05) is 4.90 Å². The van der Waals surface area contributed by atoms with Gasteiger partial charge in [-0.1, -0.05) is 30.3 Å². The smallest absolute Gasteiger partial charge is 0.414 e. The van der Waals surface area contributed by atoms with Crippen molar-refractivity contribution in [3.05, 3.63) is 63.6 Å². The number of rotatable bonds is 3. The molecule has 1 amide bonds. The molecule has 3 nitrogen and oxygen atoms in total. The lowest BCUT2D eigenvalue weighted by Crippen LogP contribution is -2.46. The predicted octanol–water partition coefficient (Wildman–Crippen LogP) is 5.60. The SMILES string of the molecule is O=C(OCc1ccccc1)N1c2c(F)cc(Br)c(F)c2CCC1C1CC1. The van der Waals surface area contributed by atoms with Crippen LogP contribution in [-0.4, -0.2) is 12.1 Å². The number of halogens is 3. The van der Waals surface area contributed by atoms with Gasteiger partial charge in [0, 0.05) is 11.6 Å². The molecule has 0 bridgehead atoms. The number of fused-ring (bicyclic) bond motifs is 1. The van der Waals surface area contributed by atoms with Crippen LogP contribution in [0.2, 0.25) is 0 Å². The first-order valence-corrected chi connectivity index (χ1v) is 9.52. The largest absolute Gasteiger partial charge is 0.444 e. The standard InChI is InChI=1S/C20H18BrF2NO2/c21-15-10-16(22)19-14(18(15)23)8-9-17(13-6-7-13)24(19)20(25)26-11-12-4-2-1-3-5-12/h1-5,10,13,17H,6-9,11H2. The Hall–Kier alpha value is -1.95. The van der Waals surface area contributed by atoms with Gasteiger partial charge in [0.05, 0.1) is 10.2 Å². The van der Waals surface area contributed by atoms with Gasteiger partial charge in [-0.3, -0.25) is 4.90 Å². The molecule has 0 radical (unpaired) electrons. The maximum atomic E-state index is 14.7. The van der Waals surface area contributed by atoms with Crippen molar-refractivity contribution in [3.8, 4) is 0 Å². The van der Waals surface area contributed by atoms with E-state index in [0.717, 1.165) is 24.5 Å². The van der Waals surface area contributed by atoms with Crippen LogP contribution < -0.4 is 4.90 Å². The normalized spacial score (nSPS) is 19.2. The number of benzene rings is 2. The van der Waals surface area contributed by atoms with E-state index in [1.165, 1.54) is 4.90 Å². The zero-order chi connectivity index (χ0) is 18.3. The molecule has 1 aliphatic heterocycles. The van der Waals surface area contributed by atoms with Crippen molar-refractivity contribution in [2.45, 2.75) is 38.3 Å². The van der Waals surface area contributed by atoms with Crippen molar-refractivity contribution in [1.82, 2.24) is 0 Å². The van der Waals surface area contributed by atoms with Crippen LogP contribution in [0.15, 0.2) is 40.9 Å². The maximum Gasteiger partial charge on any atom is 0.414 e. The van der Waals surface area contributed by atoms with Crippen molar-refractivity contribution >= 4 is 27.7 Å². The van der Waals surface area contributed by atoms with Gasteiger partial charge >= 0.3 is 6.09 Å². The lowest BCUT2D eigenvalue weighted by Gasteiger charge is -2.37. The number of carbonyl (C=O) groups is 1. The van der Waals surface area contributed by atoms with Crippen molar-refractivity contribution in [2.24, 2.45) is 5.92 Å². The topological polar surface area (TPSA) is 29.5 Å².